The predicted molar refractivity (Wildman–Crippen MR) is 119 cm³/mol. The first kappa shape index (κ1) is 21.9. The van der Waals surface area contributed by atoms with Gasteiger partial charge in [-0.3, -0.25) is 0 Å². The van der Waals surface area contributed by atoms with Gasteiger partial charge in [0.15, 0.2) is 11.8 Å². The monoisotopic (exact) mass is 503 g/mol. The fourth-order valence-corrected chi connectivity index (χ4v) is 3.15. The summed E-state index contributed by atoms with van der Waals surface area (Å²) in [5.74, 6) is 2.84. The van der Waals surface area contributed by atoms with Crippen molar-refractivity contribution in [2.75, 3.05) is 13.1 Å². The zero-order valence-corrected chi connectivity index (χ0v) is 18.7. The number of fused-ring (bicyclic) bond motifs is 1. The molecule has 1 aliphatic rings. The van der Waals surface area contributed by atoms with E-state index in [2.05, 4.69) is 42.3 Å². The van der Waals surface area contributed by atoms with E-state index in [1.807, 2.05) is 12.1 Å². The third-order valence-corrected chi connectivity index (χ3v) is 4.63. The maximum atomic E-state index is 5.82. The molecule has 0 aliphatic carbocycles. The van der Waals surface area contributed by atoms with Crippen LogP contribution in [0, 0.1) is 0 Å². The molecular formula is C18H27ClIN7. The number of aliphatic imine (C=N–C) groups is 1. The lowest BCUT2D eigenvalue weighted by Gasteiger charge is -2.11. The second-order valence-electron chi connectivity index (χ2n) is 6.36. The van der Waals surface area contributed by atoms with E-state index >= 15 is 0 Å². The molecule has 0 saturated carbocycles. The molecule has 0 spiro atoms. The lowest BCUT2D eigenvalue weighted by Crippen LogP contribution is -2.38. The van der Waals surface area contributed by atoms with Crippen molar-refractivity contribution in [2.45, 2.75) is 52.1 Å². The van der Waals surface area contributed by atoms with Gasteiger partial charge >= 0.3 is 0 Å². The Kier molecular flexibility index (Phi) is 9.26. The molecule has 2 N–H and O–H groups in total. The lowest BCUT2D eigenvalue weighted by atomic mass is 10.2. The first-order valence-corrected chi connectivity index (χ1v) is 9.67. The van der Waals surface area contributed by atoms with Crippen LogP contribution < -0.4 is 10.6 Å². The van der Waals surface area contributed by atoms with Gasteiger partial charge in [-0.15, -0.1) is 34.2 Å². The van der Waals surface area contributed by atoms with Crippen LogP contribution in [0.4, 0.5) is 0 Å². The summed E-state index contributed by atoms with van der Waals surface area (Å²) in [7, 11) is 0. The Hall–Kier alpha value is -1.42. The van der Waals surface area contributed by atoms with E-state index in [-0.39, 0.29) is 24.0 Å². The minimum absolute atomic E-state index is 0. The van der Waals surface area contributed by atoms with Crippen LogP contribution in [0.15, 0.2) is 23.3 Å². The number of aromatic nitrogens is 4. The molecule has 2 aromatic heterocycles. The summed E-state index contributed by atoms with van der Waals surface area (Å²) < 4.78 is 2.24. The number of nitrogens with one attached hydrogen (secondary N) is 2. The molecule has 0 bridgehead atoms. The van der Waals surface area contributed by atoms with E-state index in [1.165, 1.54) is 19.3 Å². The molecule has 27 heavy (non-hydrogen) atoms. The van der Waals surface area contributed by atoms with E-state index in [1.54, 1.807) is 6.20 Å². The Balaban J connectivity index is 0.00000261. The third-order valence-electron chi connectivity index (χ3n) is 4.40. The van der Waals surface area contributed by atoms with Crippen molar-refractivity contribution in [1.29, 1.82) is 0 Å². The fourth-order valence-electron chi connectivity index (χ4n) is 3.03. The standard InChI is InChI=1S/C18H26ClN7.HI/c1-2-20-18(21-10-9-14-7-8-15(19)22-12-14)23-13-17-25-24-16-6-4-3-5-11-26(16)17;/h7-8,12H,2-6,9-11,13H2,1H3,(H2,20,21,23);1H. The van der Waals surface area contributed by atoms with Crippen LogP contribution in [-0.2, 0) is 25.9 Å². The van der Waals surface area contributed by atoms with Crippen molar-refractivity contribution in [3.63, 3.8) is 0 Å². The summed E-state index contributed by atoms with van der Waals surface area (Å²) in [4.78, 5) is 8.78. The van der Waals surface area contributed by atoms with Crippen molar-refractivity contribution < 1.29 is 0 Å². The quantitative estimate of drug-likeness (QED) is 0.274. The summed E-state index contributed by atoms with van der Waals surface area (Å²) in [5.41, 5.74) is 1.14. The van der Waals surface area contributed by atoms with Crippen LogP contribution in [0.25, 0.3) is 0 Å². The molecule has 148 valence electrons. The summed E-state index contributed by atoms with van der Waals surface area (Å²) in [6.45, 7) is 5.17. The smallest absolute Gasteiger partial charge is 0.191 e. The minimum atomic E-state index is 0. The van der Waals surface area contributed by atoms with Crippen LogP contribution in [0.1, 0.15) is 43.4 Å². The number of halogens is 2. The second-order valence-corrected chi connectivity index (χ2v) is 6.74. The number of aryl methyl sites for hydroxylation is 1. The topological polar surface area (TPSA) is 80.0 Å². The first-order chi connectivity index (χ1) is 12.8. The molecule has 1 aliphatic heterocycles. The highest BCUT2D eigenvalue weighted by atomic mass is 127. The van der Waals surface area contributed by atoms with Crippen LogP contribution in [-0.4, -0.2) is 38.8 Å². The fraction of sp³-hybridized carbons (Fsp3) is 0.556. The van der Waals surface area contributed by atoms with Gasteiger partial charge in [-0.05, 0) is 37.8 Å². The molecule has 0 atom stereocenters. The van der Waals surface area contributed by atoms with Crippen LogP contribution >= 0.6 is 35.6 Å². The number of hydrogen-bond acceptors (Lipinski definition) is 4. The number of rotatable bonds is 6. The molecule has 3 heterocycles. The average molecular weight is 504 g/mol. The van der Waals surface area contributed by atoms with Gasteiger partial charge in [0.05, 0.1) is 0 Å². The van der Waals surface area contributed by atoms with Crippen LogP contribution in [0.3, 0.4) is 0 Å². The Bertz CT molecular complexity index is 730. The molecule has 9 heteroatoms. The molecule has 2 aromatic rings. The third kappa shape index (κ3) is 6.60. The van der Waals surface area contributed by atoms with Gasteiger partial charge in [0.2, 0.25) is 0 Å². The van der Waals surface area contributed by atoms with E-state index in [9.17, 15) is 0 Å². The maximum absolute atomic E-state index is 5.82. The van der Waals surface area contributed by atoms with Crippen molar-refractivity contribution in [3.05, 3.63) is 40.7 Å². The van der Waals surface area contributed by atoms with Gasteiger partial charge in [-0.2, -0.15) is 0 Å². The average Bonchev–Trinajstić information content (AvgIpc) is 2.87. The van der Waals surface area contributed by atoms with Gasteiger partial charge in [-0.1, -0.05) is 24.1 Å². The Labute approximate surface area is 182 Å². The lowest BCUT2D eigenvalue weighted by molar-refractivity contribution is 0.605. The van der Waals surface area contributed by atoms with E-state index in [0.29, 0.717) is 11.7 Å². The molecule has 0 radical (unpaired) electrons. The molecule has 7 nitrogen and oxygen atoms in total. The molecule has 0 aromatic carbocycles. The Morgan fingerprint density at radius 1 is 1.22 bits per heavy atom. The Morgan fingerprint density at radius 3 is 2.89 bits per heavy atom. The molecule has 0 fully saturated rings. The molecule has 0 saturated heterocycles. The normalized spacial score (nSPS) is 14.1. The molecule has 3 rings (SSSR count). The van der Waals surface area contributed by atoms with Crippen molar-refractivity contribution in [1.82, 2.24) is 30.4 Å². The molecule has 0 amide bonds. The van der Waals surface area contributed by atoms with Crippen LogP contribution in [0.2, 0.25) is 5.15 Å². The highest BCUT2D eigenvalue weighted by Crippen LogP contribution is 2.14. The summed E-state index contributed by atoms with van der Waals surface area (Å²) in [6.07, 6.45) is 7.33. The number of pyridine rings is 1. The van der Waals surface area contributed by atoms with Crippen LogP contribution in [0.5, 0.6) is 0 Å². The summed E-state index contributed by atoms with van der Waals surface area (Å²) >= 11 is 5.82. The zero-order valence-electron chi connectivity index (χ0n) is 15.6. The first-order valence-electron chi connectivity index (χ1n) is 9.30. The van der Waals surface area contributed by atoms with E-state index in [0.717, 1.165) is 55.6 Å². The summed E-state index contributed by atoms with van der Waals surface area (Å²) in [5, 5.41) is 15.8. The van der Waals surface area contributed by atoms with E-state index in [4.69, 9.17) is 11.6 Å². The minimum Gasteiger partial charge on any atom is -0.357 e. The predicted octanol–water partition coefficient (Wildman–Crippen LogP) is 2.97. The molecule has 0 unspecified atom stereocenters. The number of hydrogen-bond donors (Lipinski definition) is 2. The van der Waals surface area contributed by atoms with Gasteiger partial charge in [0.1, 0.15) is 17.5 Å². The SMILES string of the molecule is CCNC(=NCc1nnc2n1CCCCC2)NCCc1ccc(Cl)nc1.I. The van der Waals surface area contributed by atoms with Crippen molar-refractivity contribution in [3.8, 4) is 0 Å². The molecular weight excluding hydrogens is 477 g/mol. The highest BCUT2D eigenvalue weighted by Gasteiger charge is 2.14. The number of guanidine groups is 1. The summed E-state index contributed by atoms with van der Waals surface area (Å²) in [6, 6.07) is 3.81. The van der Waals surface area contributed by atoms with Gasteiger partial charge in [-0.25, -0.2) is 9.98 Å². The Morgan fingerprint density at radius 2 is 2.11 bits per heavy atom. The van der Waals surface area contributed by atoms with E-state index < -0.39 is 0 Å². The highest BCUT2D eigenvalue weighted by molar-refractivity contribution is 14.0. The van der Waals surface area contributed by atoms with Gasteiger partial charge in [0, 0.05) is 32.3 Å². The van der Waals surface area contributed by atoms with Crippen molar-refractivity contribution >= 4 is 41.5 Å². The zero-order chi connectivity index (χ0) is 18.2. The van der Waals surface area contributed by atoms with Gasteiger partial charge in [0.25, 0.3) is 0 Å². The van der Waals surface area contributed by atoms with Crippen molar-refractivity contribution in [2.24, 2.45) is 4.99 Å². The largest absolute Gasteiger partial charge is 0.357 e. The second kappa shape index (κ2) is 11.4. The maximum Gasteiger partial charge on any atom is 0.191 e. The number of nitrogens with zero attached hydrogens (tertiary/aromatic N) is 5. The van der Waals surface area contributed by atoms with Gasteiger partial charge < -0.3 is 15.2 Å².